The Morgan fingerprint density at radius 1 is 1.44 bits per heavy atom. The van der Waals surface area contributed by atoms with Gasteiger partial charge in [0.25, 0.3) is 0 Å². The lowest BCUT2D eigenvalue weighted by Gasteiger charge is -2.28. The van der Waals surface area contributed by atoms with Crippen LogP contribution in [0, 0.1) is 0 Å². The van der Waals surface area contributed by atoms with E-state index >= 15 is 0 Å². The van der Waals surface area contributed by atoms with Crippen LogP contribution in [-0.2, 0) is 14.8 Å². The van der Waals surface area contributed by atoms with Crippen LogP contribution in [0.3, 0.4) is 0 Å². The fraction of sp³-hybridized carbons (Fsp3) is 0.500. The molecule has 0 spiro atoms. The summed E-state index contributed by atoms with van der Waals surface area (Å²) in [5.74, 6) is -0.0355. The maximum absolute atomic E-state index is 12.2. The number of rotatable bonds is 2. The molecule has 1 aliphatic rings. The number of nitrogens with zero attached hydrogens (tertiary/aromatic N) is 1. The normalized spacial score (nSPS) is 21.5. The van der Waals surface area contributed by atoms with Crippen LogP contribution < -0.4 is 0 Å². The summed E-state index contributed by atoms with van der Waals surface area (Å²) in [6.45, 7) is 3.55. The molecule has 2 rings (SSSR count). The van der Waals surface area contributed by atoms with Crippen LogP contribution in [0.15, 0.2) is 23.4 Å². The molecule has 0 radical (unpaired) electrons. The van der Waals surface area contributed by atoms with Gasteiger partial charge in [-0.3, -0.25) is 4.79 Å². The fourth-order valence-electron chi connectivity index (χ4n) is 1.94. The highest BCUT2D eigenvalue weighted by Crippen LogP contribution is 2.31. The number of hydrogen-bond donors (Lipinski definition) is 1. The number of hydrogen-bond acceptors (Lipinski definition) is 3. The van der Waals surface area contributed by atoms with Crippen molar-refractivity contribution in [1.29, 1.82) is 0 Å². The summed E-state index contributed by atoms with van der Waals surface area (Å²) in [6.07, 6.45) is 3.27. The predicted molar refractivity (Wildman–Crippen MR) is 58.4 cm³/mol. The Kier molecular flexibility index (Phi) is 2.43. The molecular weight excluding hydrogens is 228 g/mol. The topological polar surface area (TPSA) is 70.2 Å². The van der Waals surface area contributed by atoms with Crippen molar-refractivity contribution in [3.05, 3.63) is 18.5 Å². The maximum atomic E-state index is 12.2. The smallest absolute Gasteiger partial charge is 0.245 e. The van der Waals surface area contributed by atoms with Crippen molar-refractivity contribution in [3.8, 4) is 0 Å². The monoisotopic (exact) mass is 242 g/mol. The first-order chi connectivity index (χ1) is 7.37. The first-order valence-corrected chi connectivity index (χ1v) is 6.50. The zero-order valence-electron chi connectivity index (χ0n) is 9.23. The molecule has 1 aliphatic heterocycles. The van der Waals surface area contributed by atoms with Gasteiger partial charge in [0.05, 0.1) is 10.4 Å². The zero-order chi connectivity index (χ0) is 12.0. The minimum Gasteiger partial charge on any atom is -0.366 e. The first kappa shape index (κ1) is 11.3. The van der Waals surface area contributed by atoms with E-state index in [-0.39, 0.29) is 23.6 Å². The first-order valence-electron chi connectivity index (χ1n) is 5.06. The molecule has 0 amide bonds. The van der Waals surface area contributed by atoms with E-state index in [4.69, 9.17) is 0 Å². The zero-order valence-corrected chi connectivity index (χ0v) is 10.0. The van der Waals surface area contributed by atoms with Gasteiger partial charge in [0.1, 0.15) is 0 Å². The van der Waals surface area contributed by atoms with Gasteiger partial charge in [-0.25, -0.2) is 8.42 Å². The molecule has 0 saturated carbocycles. The van der Waals surface area contributed by atoms with Crippen LogP contribution in [0.1, 0.15) is 20.3 Å². The molecule has 2 heterocycles. The van der Waals surface area contributed by atoms with E-state index in [9.17, 15) is 13.2 Å². The highest BCUT2D eigenvalue weighted by Gasteiger charge is 2.46. The molecule has 0 unspecified atom stereocenters. The van der Waals surface area contributed by atoms with E-state index in [0.29, 0.717) is 0 Å². The van der Waals surface area contributed by atoms with Crippen molar-refractivity contribution in [1.82, 2.24) is 9.29 Å². The summed E-state index contributed by atoms with van der Waals surface area (Å²) < 4.78 is 25.7. The van der Waals surface area contributed by atoms with Gasteiger partial charge >= 0.3 is 0 Å². The summed E-state index contributed by atoms with van der Waals surface area (Å²) in [5, 5.41) is 0. The average Bonchev–Trinajstić information content (AvgIpc) is 2.76. The van der Waals surface area contributed by atoms with Gasteiger partial charge < -0.3 is 4.98 Å². The number of carbonyl (C=O) groups excluding carboxylic acids is 1. The number of Topliss-reactive ketones (excluding diaryl/α,β-unsaturated/α-hetero) is 1. The van der Waals surface area contributed by atoms with Gasteiger partial charge in [-0.2, -0.15) is 4.31 Å². The summed E-state index contributed by atoms with van der Waals surface area (Å²) in [5.41, 5.74) is -0.934. The number of carbonyl (C=O) groups is 1. The van der Waals surface area contributed by atoms with Gasteiger partial charge in [-0.1, -0.05) is 0 Å². The van der Waals surface area contributed by atoms with Gasteiger partial charge in [-0.15, -0.1) is 0 Å². The molecule has 1 fully saturated rings. The number of aromatic nitrogens is 1. The number of aromatic amines is 1. The van der Waals surface area contributed by atoms with Crippen LogP contribution in [0.25, 0.3) is 0 Å². The van der Waals surface area contributed by atoms with Gasteiger partial charge in [0.15, 0.2) is 5.78 Å². The van der Waals surface area contributed by atoms with Crippen molar-refractivity contribution >= 4 is 15.8 Å². The van der Waals surface area contributed by atoms with Crippen molar-refractivity contribution in [2.75, 3.05) is 6.54 Å². The van der Waals surface area contributed by atoms with E-state index in [0.717, 1.165) is 0 Å². The second-order valence-corrected chi connectivity index (χ2v) is 6.22. The Bertz CT molecular complexity index is 502. The number of ketones is 1. The number of sulfonamides is 1. The van der Waals surface area contributed by atoms with E-state index in [1.165, 1.54) is 16.6 Å². The van der Waals surface area contributed by atoms with Crippen molar-refractivity contribution in [2.24, 2.45) is 0 Å². The Morgan fingerprint density at radius 2 is 2.12 bits per heavy atom. The lowest BCUT2D eigenvalue weighted by molar-refractivity contribution is -0.122. The molecule has 1 saturated heterocycles. The third kappa shape index (κ3) is 1.49. The average molecular weight is 242 g/mol. The third-order valence-corrected chi connectivity index (χ3v) is 5.07. The number of nitrogens with one attached hydrogen (secondary N) is 1. The van der Waals surface area contributed by atoms with Crippen LogP contribution in [0.2, 0.25) is 0 Å². The largest absolute Gasteiger partial charge is 0.366 e. The summed E-state index contributed by atoms with van der Waals surface area (Å²) in [7, 11) is -3.55. The Morgan fingerprint density at radius 3 is 2.56 bits per heavy atom. The van der Waals surface area contributed by atoms with E-state index < -0.39 is 15.6 Å². The molecule has 0 aromatic carbocycles. The fourth-order valence-corrected chi connectivity index (χ4v) is 3.69. The van der Waals surface area contributed by atoms with Crippen LogP contribution in [0.5, 0.6) is 0 Å². The Hall–Kier alpha value is -1.14. The Labute approximate surface area is 94.5 Å². The SMILES string of the molecule is CC1(C)C(=O)CCN1S(=O)(=O)c1cc[nH]c1. The molecule has 6 heteroatoms. The molecule has 1 aromatic heterocycles. The van der Waals surface area contributed by atoms with E-state index in [1.54, 1.807) is 20.0 Å². The molecule has 1 N–H and O–H groups in total. The standard InChI is InChI=1S/C10H14N2O3S/c1-10(2)9(13)4-6-12(10)16(14,15)8-3-5-11-7-8/h3,5,7,11H,4,6H2,1-2H3. The van der Waals surface area contributed by atoms with Crippen LogP contribution in [-0.4, -0.2) is 35.6 Å². The molecule has 1 aromatic rings. The highest BCUT2D eigenvalue weighted by atomic mass is 32.2. The maximum Gasteiger partial charge on any atom is 0.245 e. The molecule has 5 nitrogen and oxygen atoms in total. The minimum atomic E-state index is -3.55. The molecule has 16 heavy (non-hydrogen) atoms. The minimum absolute atomic E-state index is 0.0355. The van der Waals surface area contributed by atoms with Gasteiger partial charge in [0.2, 0.25) is 10.0 Å². The predicted octanol–water partition coefficient (Wildman–Crippen LogP) is 0.757. The molecule has 0 aliphatic carbocycles. The van der Waals surface area contributed by atoms with Crippen molar-refractivity contribution < 1.29 is 13.2 Å². The number of H-pyrrole nitrogens is 1. The highest BCUT2D eigenvalue weighted by molar-refractivity contribution is 7.89. The summed E-state index contributed by atoms with van der Waals surface area (Å²) in [6, 6.07) is 1.49. The second kappa shape index (κ2) is 3.43. The molecule has 0 bridgehead atoms. The summed E-state index contributed by atoms with van der Waals surface area (Å²) in [4.78, 5) is 14.5. The summed E-state index contributed by atoms with van der Waals surface area (Å²) >= 11 is 0. The van der Waals surface area contributed by atoms with Crippen molar-refractivity contribution in [3.63, 3.8) is 0 Å². The molecule has 88 valence electrons. The second-order valence-electron chi connectivity index (χ2n) is 4.36. The van der Waals surface area contributed by atoms with Gasteiger partial charge in [-0.05, 0) is 19.9 Å². The van der Waals surface area contributed by atoms with Gasteiger partial charge in [0, 0.05) is 25.4 Å². The quantitative estimate of drug-likeness (QED) is 0.832. The lowest BCUT2D eigenvalue weighted by atomic mass is 10.0. The third-order valence-electron chi connectivity index (χ3n) is 3.01. The Balaban J connectivity index is 2.44. The van der Waals surface area contributed by atoms with E-state index in [2.05, 4.69) is 4.98 Å². The van der Waals surface area contributed by atoms with Crippen LogP contribution >= 0.6 is 0 Å². The molecular formula is C10H14N2O3S. The van der Waals surface area contributed by atoms with E-state index in [1.807, 2.05) is 0 Å². The molecule has 0 atom stereocenters. The lowest BCUT2D eigenvalue weighted by Crippen LogP contribution is -2.46. The van der Waals surface area contributed by atoms with Crippen molar-refractivity contribution in [2.45, 2.75) is 30.7 Å². The van der Waals surface area contributed by atoms with Crippen LogP contribution in [0.4, 0.5) is 0 Å².